The van der Waals surface area contributed by atoms with Gasteiger partial charge in [-0.05, 0) is 25.1 Å². The lowest BCUT2D eigenvalue weighted by Crippen LogP contribution is -2.48. The van der Waals surface area contributed by atoms with Crippen LogP contribution in [0.2, 0.25) is 0 Å². The fraction of sp³-hybridized carbons (Fsp3) is 0.692. The summed E-state index contributed by atoms with van der Waals surface area (Å²) in [5.41, 5.74) is 0. The molecule has 1 aliphatic heterocycles. The topological polar surface area (TPSA) is 43.6 Å². The van der Waals surface area contributed by atoms with Gasteiger partial charge in [0, 0.05) is 12.5 Å². The van der Waals surface area contributed by atoms with Crippen molar-refractivity contribution in [1.82, 2.24) is 5.32 Å². The first-order chi connectivity index (χ1) is 8.40. The van der Waals surface area contributed by atoms with Crippen LogP contribution in [0.3, 0.4) is 0 Å². The summed E-state index contributed by atoms with van der Waals surface area (Å²) in [7, 11) is 0. The number of hydrogen-bond acceptors (Lipinski definition) is 4. The van der Waals surface area contributed by atoms with Crippen LogP contribution in [0.4, 0.5) is 0 Å². The zero-order valence-corrected chi connectivity index (χ0v) is 10.4. The highest BCUT2D eigenvalue weighted by molar-refractivity contribution is 5.02. The summed E-state index contributed by atoms with van der Waals surface area (Å²) in [5.74, 6) is 0.993. The van der Waals surface area contributed by atoms with Gasteiger partial charge in [0.15, 0.2) is 0 Å². The van der Waals surface area contributed by atoms with E-state index in [0.717, 1.165) is 25.1 Å². The van der Waals surface area contributed by atoms with E-state index >= 15 is 0 Å². The van der Waals surface area contributed by atoms with Gasteiger partial charge in [-0.25, -0.2) is 0 Å². The molecule has 1 saturated heterocycles. The minimum Gasteiger partial charge on any atom is -0.469 e. The zero-order valence-electron chi connectivity index (χ0n) is 10.4. The summed E-state index contributed by atoms with van der Waals surface area (Å²) in [6, 6.07) is 4.19. The average molecular weight is 239 g/mol. The molecule has 2 unspecified atom stereocenters. The van der Waals surface area contributed by atoms with Gasteiger partial charge in [-0.15, -0.1) is 0 Å². The predicted molar refractivity (Wildman–Crippen MR) is 65.1 cm³/mol. The van der Waals surface area contributed by atoms with Crippen LogP contribution in [0.25, 0.3) is 0 Å². The average Bonchev–Trinajstić information content (AvgIpc) is 2.88. The number of nitrogens with one attached hydrogen (secondary N) is 1. The second-order valence-electron chi connectivity index (χ2n) is 4.33. The van der Waals surface area contributed by atoms with Crippen LogP contribution >= 0.6 is 0 Å². The molecule has 96 valence electrons. The lowest BCUT2D eigenvalue weighted by molar-refractivity contribution is -0.102. The molecule has 17 heavy (non-hydrogen) atoms. The molecule has 2 heterocycles. The number of furan rings is 1. The van der Waals surface area contributed by atoms with Crippen LogP contribution in [-0.2, 0) is 15.9 Å². The van der Waals surface area contributed by atoms with E-state index < -0.39 is 0 Å². The number of ether oxygens (including phenoxy) is 2. The summed E-state index contributed by atoms with van der Waals surface area (Å²) in [5, 5.41) is 3.51. The molecule has 4 nitrogen and oxygen atoms in total. The smallest absolute Gasteiger partial charge is 0.105 e. The lowest BCUT2D eigenvalue weighted by atomic mass is 10.1. The fourth-order valence-electron chi connectivity index (χ4n) is 2.05. The molecule has 1 aliphatic rings. The standard InChI is InChI=1S/C13H21NO3/c1-2-5-14-12(9-11-4-3-6-16-11)13-10-15-7-8-17-13/h3-4,6,12-14H,2,5,7-10H2,1H3. The van der Waals surface area contributed by atoms with Crippen LogP contribution in [-0.4, -0.2) is 38.5 Å². The predicted octanol–water partition coefficient (Wildman–Crippen LogP) is 1.61. The number of rotatable bonds is 6. The summed E-state index contributed by atoms with van der Waals surface area (Å²) in [6.45, 7) is 5.22. The highest BCUT2D eigenvalue weighted by Crippen LogP contribution is 2.12. The minimum absolute atomic E-state index is 0.125. The molecular formula is C13H21NO3. The van der Waals surface area contributed by atoms with Crippen LogP contribution in [0.1, 0.15) is 19.1 Å². The molecule has 0 bridgehead atoms. The van der Waals surface area contributed by atoms with Gasteiger partial charge in [-0.3, -0.25) is 0 Å². The Morgan fingerprint density at radius 3 is 3.06 bits per heavy atom. The van der Waals surface area contributed by atoms with Gasteiger partial charge in [0.1, 0.15) is 5.76 Å². The van der Waals surface area contributed by atoms with E-state index in [1.54, 1.807) is 6.26 Å². The third kappa shape index (κ3) is 3.84. The van der Waals surface area contributed by atoms with Crippen molar-refractivity contribution in [3.8, 4) is 0 Å². The van der Waals surface area contributed by atoms with Crippen LogP contribution in [0.15, 0.2) is 22.8 Å². The molecule has 0 saturated carbocycles. The Morgan fingerprint density at radius 1 is 1.47 bits per heavy atom. The summed E-state index contributed by atoms with van der Waals surface area (Å²) < 4.78 is 16.6. The van der Waals surface area contributed by atoms with E-state index in [4.69, 9.17) is 13.9 Å². The van der Waals surface area contributed by atoms with Gasteiger partial charge >= 0.3 is 0 Å². The highest BCUT2D eigenvalue weighted by Gasteiger charge is 2.25. The van der Waals surface area contributed by atoms with Crippen LogP contribution in [0.5, 0.6) is 0 Å². The van der Waals surface area contributed by atoms with Crippen LogP contribution < -0.4 is 5.32 Å². The van der Waals surface area contributed by atoms with Crippen molar-refractivity contribution in [1.29, 1.82) is 0 Å². The van der Waals surface area contributed by atoms with Crippen molar-refractivity contribution in [3.63, 3.8) is 0 Å². The maximum atomic E-state index is 5.76. The lowest BCUT2D eigenvalue weighted by Gasteiger charge is -2.30. The molecule has 0 spiro atoms. The summed E-state index contributed by atoms with van der Waals surface area (Å²) >= 11 is 0. The second-order valence-corrected chi connectivity index (χ2v) is 4.33. The van der Waals surface area contributed by atoms with Gasteiger partial charge in [-0.2, -0.15) is 0 Å². The van der Waals surface area contributed by atoms with Crippen molar-refractivity contribution in [2.24, 2.45) is 0 Å². The Bertz CT molecular complexity index is 294. The molecule has 0 amide bonds. The summed E-state index contributed by atoms with van der Waals surface area (Å²) in [4.78, 5) is 0. The first-order valence-electron chi connectivity index (χ1n) is 6.35. The molecule has 4 heteroatoms. The molecule has 0 aliphatic carbocycles. The van der Waals surface area contributed by atoms with Crippen molar-refractivity contribution in [2.75, 3.05) is 26.4 Å². The third-order valence-corrected chi connectivity index (χ3v) is 2.95. The molecule has 1 aromatic heterocycles. The highest BCUT2D eigenvalue weighted by atomic mass is 16.6. The SMILES string of the molecule is CCCNC(Cc1ccco1)C1COCCO1. The van der Waals surface area contributed by atoms with E-state index in [9.17, 15) is 0 Å². The molecule has 1 aromatic rings. The maximum absolute atomic E-state index is 5.76. The van der Waals surface area contributed by atoms with Gasteiger partial charge in [0.05, 0.1) is 32.2 Å². The number of hydrogen-bond donors (Lipinski definition) is 1. The molecular weight excluding hydrogens is 218 g/mol. The maximum Gasteiger partial charge on any atom is 0.105 e. The third-order valence-electron chi connectivity index (χ3n) is 2.95. The van der Waals surface area contributed by atoms with Crippen molar-refractivity contribution in [3.05, 3.63) is 24.2 Å². The zero-order chi connectivity index (χ0) is 11.9. The van der Waals surface area contributed by atoms with Gasteiger partial charge < -0.3 is 19.2 Å². The van der Waals surface area contributed by atoms with Crippen molar-refractivity contribution < 1.29 is 13.9 Å². The molecule has 2 rings (SSSR count). The summed E-state index contributed by atoms with van der Waals surface area (Å²) in [6.07, 6.45) is 3.80. The Morgan fingerprint density at radius 2 is 2.41 bits per heavy atom. The first kappa shape index (κ1) is 12.6. The fourth-order valence-corrected chi connectivity index (χ4v) is 2.05. The quantitative estimate of drug-likeness (QED) is 0.819. The van der Waals surface area contributed by atoms with Gasteiger partial charge in [-0.1, -0.05) is 6.92 Å². The molecule has 0 aromatic carbocycles. The van der Waals surface area contributed by atoms with Gasteiger partial charge in [0.25, 0.3) is 0 Å². The Kier molecular flexibility index (Phi) is 5.04. The Hall–Kier alpha value is -0.840. The van der Waals surface area contributed by atoms with E-state index in [0.29, 0.717) is 19.8 Å². The van der Waals surface area contributed by atoms with E-state index in [1.807, 2.05) is 12.1 Å². The van der Waals surface area contributed by atoms with E-state index in [2.05, 4.69) is 12.2 Å². The minimum atomic E-state index is 0.125. The molecule has 1 N–H and O–H groups in total. The molecule has 0 radical (unpaired) electrons. The van der Waals surface area contributed by atoms with Crippen LogP contribution in [0, 0.1) is 0 Å². The van der Waals surface area contributed by atoms with E-state index in [1.165, 1.54) is 0 Å². The largest absolute Gasteiger partial charge is 0.469 e. The second kappa shape index (κ2) is 6.79. The normalized spacial score (nSPS) is 22.5. The Labute approximate surface area is 102 Å². The Balaban J connectivity index is 1.91. The first-order valence-corrected chi connectivity index (χ1v) is 6.35. The van der Waals surface area contributed by atoms with E-state index in [-0.39, 0.29) is 12.1 Å². The molecule has 2 atom stereocenters. The van der Waals surface area contributed by atoms with Gasteiger partial charge in [0.2, 0.25) is 0 Å². The van der Waals surface area contributed by atoms with Crippen molar-refractivity contribution >= 4 is 0 Å². The molecule has 1 fully saturated rings. The van der Waals surface area contributed by atoms with Crippen molar-refractivity contribution in [2.45, 2.75) is 31.9 Å². The monoisotopic (exact) mass is 239 g/mol.